The number of rotatable bonds is 6. The molecule has 6 nitrogen and oxygen atoms in total. The zero-order chi connectivity index (χ0) is 22.6. The predicted octanol–water partition coefficient (Wildman–Crippen LogP) is 4.20. The van der Waals surface area contributed by atoms with E-state index in [9.17, 15) is 9.18 Å². The Morgan fingerprint density at radius 1 is 1.00 bits per heavy atom. The lowest BCUT2D eigenvalue weighted by atomic mass is 10.1. The molecule has 0 radical (unpaired) electrons. The molecule has 33 heavy (non-hydrogen) atoms. The average molecular weight is 448 g/mol. The number of amides is 1. The molecule has 1 atom stereocenters. The van der Waals surface area contributed by atoms with Gasteiger partial charge in [0.1, 0.15) is 17.7 Å². The maximum atomic E-state index is 14.5. The number of nitrogens with one attached hydrogen (secondary N) is 1. The smallest absolute Gasteiger partial charge is 0.231 e. The first-order valence-electron chi connectivity index (χ1n) is 11.0. The van der Waals surface area contributed by atoms with Crippen LogP contribution >= 0.6 is 0 Å². The van der Waals surface area contributed by atoms with Crippen molar-refractivity contribution < 1.29 is 23.4 Å². The highest BCUT2D eigenvalue weighted by Crippen LogP contribution is 2.33. The molecule has 0 bridgehead atoms. The van der Waals surface area contributed by atoms with Crippen LogP contribution in [0.25, 0.3) is 0 Å². The van der Waals surface area contributed by atoms with E-state index in [1.54, 1.807) is 12.1 Å². The number of para-hydroxylation sites is 1. The van der Waals surface area contributed by atoms with Gasteiger partial charge in [0.2, 0.25) is 12.7 Å². The number of halogens is 1. The van der Waals surface area contributed by atoms with Crippen molar-refractivity contribution >= 4 is 5.91 Å². The second-order valence-electron chi connectivity index (χ2n) is 8.19. The molecule has 0 spiro atoms. The molecule has 0 saturated heterocycles. The molecular formula is C26H25FN2O4. The van der Waals surface area contributed by atoms with Gasteiger partial charge in [-0.25, -0.2) is 4.39 Å². The first-order chi connectivity index (χ1) is 16.2. The zero-order valence-electron chi connectivity index (χ0n) is 18.1. The Kier molecular flexibility index (Phi) is 6.13. The van der Waals surface area contributed by atoms with E-state index in [-0.39, 0.29) is 18.5 Å². The summed E-state index contributed by atoms with van der Waals surface area (Å²) >= 11 is 0. The third-order valence-corrected chi connectivity index (χ3v) is 5.89. The molecule has 0 aliphatic carbocycles. The van der Waals surface area contributed by atoms with E-state index in [2.05, 4.69) is 10.2 Å². The minimum Gasteiger partial charge on any atom is -0.484 e. The summed E-state index contributed by atoms with van der Waals surface area (Å²) in [7, 11) is 0. The topological polar surface area (TPSA) is 60.0 Å². The molecule has 0 saturated carbocycles. The van der Waals surface area contributed by atoms with Crippen LogP contribution in [0, 0.1) is 5.82 Å². The van der Waals surface area contributed by atoms with Gasteiger partial charge in [-0.15, -0.1) is 0 Å². The standard InChI is InChI=1S/C26H25FN2O4/c27-21-7-3-2-6-20(21)25-16-29(15-19-5-1-4-8-22(19)33-25)12-11-26(30)28-14-18-9-10-23-24(13-18)32-17-31-23/h1-10,13,25H,11-12,14-17H2,(H,28,30). The van der Waals surface area contributed by atoms with E-state index in [0.717, 1.165) is 22.6 Å². The van der Waals surface area contributed by atoms with Crippen molar-refractivity contribution in [1.29, 1.82) is 0 Å². The molecule has 1 unspecified atom stereocenters. The van der Waals surface area contributed by atoms with Crippen LogP contribution in [-0.2, 0) is 17.9 Å². The van der Waals surface area contributed by atoms with Crippen molar-refractivity contribution in [2.75, 3.05) is 19.9 Å². The van der Waals surface area contributed by atoms with Gasteiger partial charge in [-0.05, 0) is 29.8 Å². The highest BCUT2D eigenvalue weighted by molar-refractivity contribution is 5.76. The van der Waals surface area contributed by atoms with E-state index >= 15 is 0 Å². The molecule has 170 valence electrons. The van der Waals surface area contributed by atoms with Gasteiger partial charge in [0.25, 0.3) is 0 Å². The van der Waals surface area contributed by atoms with E-state index in [1.165, 1.54) is 6.07 Å². The van der Waals surface area contributed by atoms with Crippen LogP contribution in [0.3, 0.4) is 0 Å². The molecule has 3 aromatic carbocycles. The third kappa shape index (κ3) is 4.93. The number of ether oxygens (including phenoxy) is 3. The normalized spacial score (nSPS) is 17.1. The van der Waals surface area contributed by atoms with Crippen LogP contribution in [0.2, 0.25) is 0 Å². The molecule has 0 aromatic heterocycles. The number of benzene rings is 3. The molecule has 0 fully saturated rings. The molecule has 2 aliphatic rings. The van der Waals surface area contributed by atoms with Gasteiger partial charge in [0.05, 0.1) is 0 Å². The van der Waals surface area contributed by atoms with E-state index in [1.807, 2.05) is 48.5 Å². The lowest BCUT2D eigenvalue weighted by Crippen LogP contribution is -2.33. The van der Waals surface area contributed by atoms with Crippen molar-refractivity contribution in [3.63, 3.8) is 0 Å². The quantitative estimate of drug-likeness (QED) is 0.613. The summed E-state index contributed by atoms with van der Waals surface area (Å²) in [5.74, 6) is 1.83. The second-order valence-corrected chi connectivity index (χ2v) is 8.19. The van der Waals surface area contributed by atoms with Crippen molar-refractivity contribution in [1.82, 2.24) is 10.2 Å². The van der Waals surface area contributed by atoms with Gasteiger partial charge in [-0.2, -0.15) is 0 Å². The minimum atomic E-state index is -0.452. The molecular weight excluding hydrogens is 423 g/mol. The van der Waals surface area contributed by atoms with Crippen LogP contribution in [-0.4, -0.2) is 30.7 Å². The van der Waals surface area contributed by atoms with Crippen molar-refractivity contribution in [2.24, 2.45) is 0 Å². The molecule has 3 aromatic rings. The summed E-state index contributed by atoms with van der Waals surface area (Å²) in [4.78, 5) is 14.7. The molecule has 1 N–H and O–H groups in total. The Balaban J connectivity index is 1.22. The summed E-state index contributed by atoms with van der Waals surface area (Å²) in [6.45, 7) is 2.30. The van der Waals surface area contributed by atoms with Crippen molar-refractivity contribution in [2.45, 2.75) is 25.6 Å². The summed E-state index contributed by atoms with van der Waals surface area (Å²) < 4.78 is 31.4. The van der Waals surface area contributed by atoms with Gasteiger partial charge in [0.15, 0.2) is 11.5 Å². The predicted molar refractivity (Wildman–Crippen MR) is 121 cm³/mol. The van der Waals surface area contributed by atoms with Crippen LogP contribution < -0.4 is 19.5 Å². The SMILES string of the molecule is O=C(CCN1Cc2ccccc2OC(c2ccccc2F)C1)NCc1ccc2c(c1)OCO2. The van der Waals surface area contributed by atoms with Gasteiger partial charge < -0.3 is 19.5 Å². The van der Waals surface area contributed by atoms with Gasteiger partial charge in [-0.1, -0.05) is 42.5 Å². The number of nitrogens with zero attached hydrogens (tertiary/aromatic N) is 1. The van der Waals surface area contributed by atoms with Gasteiger partial charge >= 0.3 is 0 Å². The number of hydrogen-bond acceptors (Lipinski definition) is 5. The Morgan fingerprint density at radius 2 is 1.82 bits per heavy atom. The maximum Gasteiger partial charge on any atom is 0.231 e. The highest BCUT2D eigenvalue weighted by Gasteiger charge is 2.26. The summed E-state index contributed by atoms with van der Waals surface area (Å²) in [5, 5.41) is 2.96. The summed E-state index contributed by atoms with van der Waals surface area (Å²) in [6.07, 6.45) is -0.122. The Hall–Kier alpha value is -3.58. The third-order valence-electron chi connectivity index (χ3n) is 5.89. The van der Waals surface area contributed by atoms with E-state index in [0.29, 0.717) is 43.9 Å². The maximum absolute atomic E-state index is 14.5. The molecule has 2 heterocycles. The van der Waals surface area contributed by atoms with Crippen LogP contribution in [0.4, 0.5) is 4.39 Å². The van der Waals surface area contributed by atoms with Crippen molar-refractivity contribution in [3.8, 4) is 17.2 Å². The van der Waals surface area contributed by atoms with Crippen LogP contribution in [0.1, 0.15) is 29.2 Å². The zero-order valence-corrected chi connectivity index (χ0v) is 18.1. The molecule has 7 heteroatoms. The van der Waals surface area contributed by atoms with Crippen molar-refractivity contribution in [3.05, 3.63) is 89.2 Å². The summed E-state index contributed by atoms with van der Waals surface area (Å²) in [5.41, 5.74) is 2.49. The fourth-order valence-corrected chi connectivity index (χ4v) is 4.15. The van der Waals surface area contributed by atoms with Crippen LogP contribution in [0.15, 0.2) is 66.7 Å². The first kappa shape index (κ1) is 21.3. The molecule has 2 aliphatic heterocycles. The average Bonchev–Trinajstić information content (AvgIpc) is 3.21. The second kappa shape index (κ2) is 9.50. The molecule has 1 amide bonds. The number of hydrogen-bond donors (Lipinski definition) is 1. The fourth-order valence-electron chi connectivity index (χ4n) is 4.15. The highest BCUT2D eigenvalue weighted by atomic mass is 19.1. The van der Waals surface area contributed by atoms with Crippen LogP contribution in [0.5, 0.6) is 17.2 Å². The number of carbonyl (C=O) groups excluding carboxylic acids is 1. The number of carbonyl (C=O) groups is 1. The Bertz CT molecular complexity index is 1150. The Morgan fingerprint density at radius 3 is 2.73 bits per heavy atom. The first-order valence-corrected chi connectivity index (χ1v) is 11.0. The fraction of sp³-hybridized carbons (Fsp3) is 0.269. The minimum absolute atomic E-state index is 0.0476. The lowest BCUT2D eigenvalue weighted by molar-refractivity contribution is -0.121. The lowest BCUT2D eigenvalue weighted by Gasteiger charge is -2.24. The van der Waals surface area contributed by atoms with E-state index < -0.39 is 6.10 Å². The molecule has 5 rings (SSSR count). The van der Waals surface area contributed by atoms with E-state index in [4.69, 9.17) is 14.2 Å². The summed E-state index contributed by atoms with van der Waals surface area (Å²) in [6, 6.07) is 20.1. The number of fused-ring (bicyclic) bond motifs is 2. The van der Waals surface area contributed by atoms with Gasteiger partial charge in [-0.3, -0.25) is 9.69 Å². The Labute approximate surface area is 191 Å². The monoisotopic (exact) mass is 448 g/mol. The largest absolute Gasteiger partial charge is 0.484 e. The van der Waals surface area contributed by atoms with Gasteiger partial charge in [0, 0.05) is 43.7 Å².